The normalized spacial score (nSPS) is 11.9. The maximum Gasteiger partial charge on any atom is 0.232 e. The van der Waals surface area contributed by atoms with Gasteiger partial charge in [0.25, 0.3) is 0 Å². The second-order valence-corrected chi connectivity index (χ2v) is 5.39. The molecular weight excluding hydrogens is 268 g/mol. The van der Waals surface area contributed by atoms with Crippen molar-refractivity contribution < 1.29 is 13.7 Å². The number of hydrogen-bond donors (Lipinski definition) is 2. The molecule has 1 aromatic rings. The largest absolute Gasteiger partial charge is 0.488 e. The Kier molecular flexibility index (Phi) is 6.27. The highest BCUT2D eigenvalue weighted by Crippen LogP contribution is 2.04. The smallest absolute Gasteiger partial charge is 0.232 e. The van der Waals surface area contributed by atoms with Crippen LogP contribution in [0.5, 0.6) is 5.75 Å². The van der Waals surface area contributed by atoms with Crippen molar-refractivity contribution in [2.75, 3.05) is 19.4 Å². The van der Waals surface area contributed by atoms with Crippen molar-refractivity contribution in [1.82, 2.24) is 10.3 Å². The van der Waals surface area contributed by atoms with E-state index in [1.807, 2.05) is 6.92 Å². The van der Waals surface area contributed by atoms with Crippen LogP contribution >= 0.6 is 0 Å². The van der Waals surface area contributed by atoms with Crippen molar-refractivity contribution in [1.29, 1.82) is 0 Å². The number of aromatic nitrogens is 1. The molecule has 106 valence electrons. The van der Waals surface area contributed by atoms with Gasteiger partial charge in [-0.05, 0) is 6.42 Å². The molecule has 0 aliphatic carbocycles. The van der Waals surface area contributed by atoms with E-state index in [9.17, 15) is 13.8 Å². The third-order valence-corrected chi connectivity index (χ3v) is 3.50. The minimum Gasteiger partial charge on any atom is -0.488 e. The molecule has 2 N–H and O–H groups in total. The van der Waals surface area contributed by atoms with E-state index in [4.69, 9.17) is 4.74 Å². The monoisotopic (exact) mass is 286 g/mol. The molecule has 1 rings (SSSR count). The highest BCUT2D eigenvalue weighted by Gasteiger charge is 2.09. The maximum atomic E-state index is 11.7. The van der Waals surface area contributed by atoms with Crippen LogP contribution in [0.15, 0.2) is 17.1 Å². The van der Waals surface area contributed by atoms with Crippen molar-refractivity contribution in [3.63, 3.8) is 0 Å². The molecule has 0 spiro atoms. The van der Waals surface area contributed by atoms with Crippen molar-refractivity contribution >= 4 is 16.7 Å². The average molecular weight is 286 g/mol. The van der Waals surface area contributed by atoms with Crippen LogP contribution in [0.3, 0.4) is 0 Å². The molecule has 0 fully saturated rings. The standard InChI is InChI=1S/C12H18N2O4S/c1-3-4-18-11-6-14-9(5-10(11)15)7-19(17)8-12(16)13-2/h5-6H,3-4,7-8H2,1-2H3,(H,13,16)(H,14,15). The zero-order valence-electron chi connectivity index (χ0n) is 11.0. The lowest BCUT2D eigenvalue weighted by Crippen LogP contribution is -2.25. The van der Waals surface area contributed by atoms with E-state index in [1.54, 1.807) is 0 Å². The summed E-state index contributed by atoms with van der Waals surface area (Å²) in [5.74, 6) is 0.0230. The van der Waals surface area contributed by atoms with Crippen molar-refractivity contribution in [3.8, 4) is 5.75 Å². The minimum atomic E-state index is -1.34. The van der Waals surface area contributed by atoms with Gasteiger partial charge in [-0.2, -0.15) is 0 Å². The molecule has 0 radical (unpaired) electrons. The van der Waals surface area contributed by atoms with E-state index in [0.29, 0.717) is 12.3 Å². The van der Waals surface area contributed by atoms with Gasteiger partial charge in [0.05, 0.1) is 12.4 Å². The number of carbonyl (C=O) groups excluding carboxylic acids is 1. The van der Waals surface area contributed by atoms with Crippen LogP contribution in [0.2, 0.25) is 0 Å². The number of rotatable bonds is 7. The van der Waals surface area contributed by atoms with Crippen LogP contribution in [-0.2, 0) is 21.3 Å². The van der Waals surface area contributed by atoms with E-state index in [0.717, 1.165) is 6.42 Å². The molecule has 1 unspecified atom stereocenters. The van der Waals surface area contributed by atoms with E-state index >= 15 is 0 Å². The number of H-pyrrole nitrogens is 1. The molecule has 6 nitrogen and oxygen atoms in total. The molecule has 7 heteroatoms. The molecule has 1 atom stereocenters. The zero-order valence-corrected chi connectivity index (χ0v) is 11.8. The first-order valence-electron chi connectivity index (χ1n) is 5.96. The number of ether oxygens (including phenoxy) is 1. The van der Waals surface area contributed by atoms with Crippen molar-refractivity contribution in [2.45, 2.75) is 19.1 Å². The summed E-state index contributed by atoms with van der Waals surface area (Å²) in [6.45, 7) is 2.43. The van der Waals surface area contributed by atoms with Gasteiger partial charge in [0.1, 0.15) is 5.75 Å². The lowest BCUT2D eigenvalue weighted by atomic mass is 10.3. The van der Waals surface area contributed by atoms with Crippen molar-refractivity contribution in [3.05, 3.63) is 28.2 Å². The van der Waals surface area contributed by atoms with Crippen LogP contribution in [0, 0.1) is 0 Å². The summed E-state index contributed by atoms with van der Waals surface area (Å²) in [5.41, 5.74) is 0.273. The molecule has 0 aliphatic heterocycles. The molecule has 0 saturated heterocycles. The Balaban J connectivity index is 2.65. The molecule has 1 aromatic heterocycles. The topological polar surface area (TPSA) is 88.3 Å². The van der Waals surface area contributed by atoms with Crippen LogP contribution in [0.4, 0.5) is 0 Å². The fourth-order valence-electron chi connectivity index (χ4n) is 1.35. The molecule has 1 amide bonds. The predicted molar refractivity (Wildman–Crippen MR) is 73.6 cm³/mol. The molecular formula is C12H18N2O4S. The van der Waals surface area contributed by atoms with Crippen LogP contribution in [-0.4, -0.2) is 34.5 Å². The van der Waals surface area contributed by atoms with Crippen molar-refractivity contribution in [2.24, 2.45) is 0 Å². The van der Waals surface area contributed by atoms with Gasteiger partial charge in [0.2, 0.25) is 11.3 Å². The summed E-state index contributed by atoms with van der Waals surface area (Å²) in [5, 5.41) is 2.40. The fraction of sp³-hybridized carbons (Fsp3) is 0.500. The lowest BCUT2D eigenvalue weighted by molar-refractivity contribution is -0.118. The molecule has 19 heavy (non-hydrogen) atoms. The Morgan fingerprint density at radius 1 is 1.53 bits per heavy atom. The minimum absolute atomic E-state index is 0.0768. The first-order chi connectivity index (χ1) is 9.06. The first-order valence-corrected chi connectivity index (χ1v) is 7.45. The quantitative estimate of drug-likeness (QED) is 0.747. The second-order valence-electron chi connectivity index (χ2n) is 3.94. The van der Waals surface area contributed by atoms with E-state index in [-0.39, 0.29) is 28.6 Å². The molecule has 0 aliphatic rings. The van der Waals surface area contributed by atoms with Gasteiger partial charge in [-0.25, -0.2) is 0 Å². The molecule has 0 bridgehead atoms. The SMILES string of the molecule is CCCOc1c[nH]c(CS(=O)CC(=O)NC)cc1=O. The average Bonchev–Trinajstić information content (AvgIpc) is 2.37. The summed E-state index contributed by atoms with van der Waals surface area (Å²) < 4.78 is 16.9. The Bertz CT molecular complexity index is 513. The molecule has 0 aromatic carbocycles. The van der Waals surface area contributed by atoms with Crippen LogP contribution in [0.25, 0.3) is 0 Å². The Hall–Kier alpha value is -1.63. The highest BCUT2D eigenvalue weighted by molar-refractivity contribution is 7.84. The number of amides is 1. The predicted octanol–water partition coefficient (Wildman–Crippen LogP) is 0.158. The summed E-state index contributed by atoms with van der Waals surface area (Å²) in [7, 11) is 0.143. The van der Waals surface area contributed by atoms with Gasteiger partial charge in [-0.1, -0.05) is 6.92 Å². The Morgan fingerprint density at radius 3 is 2.84 bits per heavy atom. The summed E-state index contributed by atoms with van der Waals surface area (Å²) in [6, 6.07) is 1.35. The third kappa shape index (κ3) is 5.25. The first kappa shape index (κ1) is 15.4. The number of aromatic amines is 1. The van der Waals surface area contributed by atoms with Gasteiger partial charge in [-0.15, -0.1) is 0 Å². The molecule has 1 heterocycles. The fourth-order valence-corrected chi connectivity index (χ4v) is 2.40. The van der Waals surface area contributed by atoms with E-state index in [2.05, 4.69) is 10.3 Å². The summed E-state index contributed by atoms with van der Waals surface area (Å²) >= 11 is 0. The second kappa shape index (κ2) is 7.73. The summed E-state index contributed by atoms with van der Waals surface area (Å²) in [6.07, 6.45) is 2.28. The number of hydrogen-bond acceptors (Lipinski definition) is 4. The van der Waals surface area contributed by atoms with Gasteiger partial charge < -0.3 is 15.0 Å². The third-order valence-electron chi connectivity index (χ3n) is 2.29. The van der Waals surface area contributed by atoms with Gasteiger partial charge in [0, 0.05) is 35.8 Å². The number of carbonyl (C=O) groups is 1. The number of pyridine rings is 1. The maximum absolute atomic E-state index is 11.7. The number of nitrogens with one attached hydrogen (secondary N) is 2. The van der Waals surface area contributed by atoms with Crippen LogP contribution < -0.4 is 15.5 Å². The van der Waals surface area contributed by atoms with E-state index < -0.39 is 10.8 Å². The lowest BCUT2D eigenvalue weighted by Gasteiger charge is -2.05. The zero-order chi connectivity index (χ0) is 14.3. The summed E-state index contributed by atoms with van der Waals surface area (Å²) in [4.78, 5) is 25.6. The Morgan fingerprint density at radius 2 is 2.26 bits per heavy atom. The van der Waals surface area contributed by atoms with Gasteiger partial charge >= 0.3 is 0 Å². The van der Waals surface area contributed by atoms with Gasteiger partial charge in [-0.3, -0.25) is 13.8 Å². The van der Waals surface area contributed by atoms with E-state index in [1.165, 1.54) is 19.3 Å². The Labute approximate surface area is 114 Å². The highest BCUT2D eigenvalue weighted by atomic mass is 32.2. The van der Waals surface area contributed by atoms with Crippen LogP contribution in [0.1, 0.15) is 19.0 Å². The molecule has 0 saturated carbocycles. The van der Waals surface area contributed by atoms with Gasteiger partial charge in [0.15, 0.2) is 5.75 Å².